The van der Waals surface area contributed by atoms with Crippen LogP contribution in [0.25, 0.3) is 33.9 Å². The largest absolute Gasteiger partial charge is 0.397 e. The molecular weight excluding hydrogens is 1060 g/mol. The van der Waals surface area contributed by atoms with Gasteiger partial charge in [0.15, 0.2) is 0 Å². The molecule has 0 spiro atoms. The SMILES string of the molecule is Nc1ccc(CCN2C(=O)COC2(c2cn(-c3ccc(Br)cc3)nc2-c2ccc(F)cc2)C2(c3cn(-c4ccc(Br)cc4)nc3-c3ccc(F)cc3)OCC(=O)N2CCc2ccc(N)c([N+](=O)[O-])c2)cc1N. The molecule has 6 aromatic carbocycles. The number of amides is 2. The van der Waals surface area contributed by atoms with Gasteiger partial charge in [-0.1, -0.05) is 44.0 Å². The molecule has 72 heavy (non-hydrogen) atoms. The van der Waals surface area contributed by atoms with E-state index in [0.717, 1.165) is 8.95 Å². The predicted molar refractivity (Wildman–Crippen MR) is 272 cm³/mol. The highest BCUT2D eigenvalue weighted by Gasteiger charge is 2.72. The van der Waals surface area contributed by atoms with Crippen LogP contribution in [0.4, 0.5) is 31.5 Å². The first-order valence-corrected chi connectivity index (χ1v) is 24.0. The lowest BCUT2D eigenvalue weighted by molar-refractivity contribution is -0.384. The molecule has 2 fully saturated rings. The van der Waals surface area contributed by atoms with E-state index in [1.165, 1.54) is 46.2 Å². The van der Waals surface area contributed by atoms with Crippen LogP contribution in [0, 0.1) is 21.7 Å². The number of hydrogen-bond acceptors (Lipinski definition) is 11. The number of carbonyl (C=O) groups excluding carboxylic acids is 2. The maximum atomic E-state index is 15.2. The summed E-state index contributed by atoms with van der Waals surface area (Å²) in [6, 6.07) is 35.5. The van der Waals surface area contributed by atoms with Gasteiger partial charge in [-0.2, -0.15) is 10.2 Å². The lowest BCUT2D eigenvalue weighted by Gasteiger charge is -2.52. The zero-order chi connectivity index (χ0) is 50.5. The minimum absolute atomic E-state index is 0.0163. The zero-order valence-electron chi connectivity index (χ0n) is 37.9. The maximum Gasteiger partial charge on any atom is 0.292 e. The molecule has 2 aliphatic rings. The van der Waals surface area contributed by atoms with Crippen LogP contribution in [-0.2, 0) is 43.4 Å². The van der Waals surface area contributed by atoms with E-state index in [4.69, 9.17) is 36.9 Å². The number of anilines is 3. The van der Waals surface area contributed by atoms with E-state index in [1.54, 1.807) is 70.3 Å². The van der Waals surface area contributed by atoms with Crippen molar-refractivity contribution in [3.63, 3.8) is 0 Å². The normalized spacial score (nSPS) is 17.8. The fourth-order valence-electron chi connectivity index (χ4n) is 9.43. The van der Waals surface area contributed by atoms with Crippen LogP contribution in [-0.4, -0.2) is 72.4 Å². The Hall–Kier alpha value is -7.78. The quantitative estimate of drug-likeness (QED) is 0.0530. The third-order valence-corrected chi connectivity index (χ3v) is 14.0. The summed E-state index contributed by atoms with van der Waals surface area (Å²) < 4.78 is 48.9. The molecule has 4 heterocycles. The average Bonchev–Trinajstić information content (AvgIpc) is 4.17. The first-order chi connectivity index (χ1) is 34.6. The van der Waals surface area contributed by atoms with E-state index >= 15 is 9.59 Å². The van der Waals surface area contributed by atoms with E-state index in [9.17, 15) is 18.9 Å². The maximum absolute atomic E-state index is 15.2. The molecule has 0 aliphatic carbocycles. The topological polar surface area (TPSA) is 216 Å². The van der Waals surface area contributed by atoms with Crippen LogP contribution < -0.4 is 17.2 Å². The Kier molecular flexibility index (Phi) is 12.7. The van der Waals surface area contributed by atoms with E-state index < -0.39 is 53.0 Å². The summed E-state index contributed by atoms with van der Waals surface area (Å²) in [6.45, 7) is -1.33. The van der Waals surface area contributed by atoms with Gasteiger partial charge in [0, 0.05) is 51.6 Å². The lowest BCUT2D eigenvalue weighted by Crippen LogP contribution is -2.66. The summed E-state index contributed by atoms with van der Waals surface area (Å²) >= 11 is 7.04. The highest BCUT2D eigenvalue weighted by molar-refractivity contribution is 9.10. The summed E-state index contributed by atoms with van der Waals surface area (Å²) in [5.41, 5.74) is 18.4. The molecule has 20 heteroatoms. The second kappa shape index (κ2) is 19.1. The number of aromatic nitrogens is 4. The highest BCUT2D eigenvalue weighted by Crippen LogP contribution is 2.58. The van der Waals surface area contributed by atoms with Crippen molar-refractivity contribution in [3.05, 3.63) is 199 Å². The Bertz CT molecular complexity index is 3390. The van der Waals surface area contributed by atoms with Crippen LogP contribution in [0.2, 0.25) is 0 Å². The number of nitrogen functional groups attached to an aromatic ring is 3. The Morgan fingerprint density at radius 2 is 1.00 bits per heavy atom. The number of nitrogens with zero attached hydrogens (tertiary/aromatic N) is 7. The Balaban J connectivity index is 1.31. The third kappa shape index (κ3) is 8.54. The summed E-state index contributed by atoms with van der Waals surface area (Å²) in [5.74, 6) is -2.08. The molecule has 10 rings (SSSR count). The first kappa shape index (κ1) is 47.9. The second-order valence-electron chi connectivity index (χ2n) is 17.2. The first-order valence-electron chi connectivity index (χ1n) is 22.4. The van der Waals surface area contributed by atoms with Crippen molar-refractivity contribution in [2.45, 2.75) is 24.3 Å². The molecule has 364 valence electrons. The molecule has 2 aliphatic heterocycles. The Morgan fingerprint density at radius 1 is 0.583 bits per heavy atom. The van der Waals surface area contributed by atoms with E-state index in [-0.39, 0.29) is 59.8 Å². The molecule has 2 atom stereocenters. The minimum Gasteiger partial charge on any atom is -0.397 e. The fourth-order valence-corrected chi connectivity index (χ4v) is 9.96. The highest BCUT2D eigenvalue weighted by atomic mass is 79.9. The number of nitro groups is 1. The van der Waals surface area contributed by atoms with Gasteiger partial charge in [0.2, 0.25) is 11.4 Å². The van der Waals surface area contributed by atoms with Gasteiger partial charge in [-0.05, 0) is 139 Å². The van der Waals surface area contributed by atoms with Crippen molar-refractivity contribution in [1.29, 1.82) is 0 Å². The molecule has 0 bridgehead atoms. The number of halogens is 4. The van der Waals surface area contributed by atoms with Crippen molar-refractivity contribution in [1.82, 2.24) is 29.4 Å². The summed E-state index contributed by atoms with van der Waals surface area (Å²) in [7, 11) is 0. The molecule has 2 amide bonds. The average molecular weight is 1100 g/mol. The van der Waals surface area contributed by atoms with Gasteiger partial charge in [-0.3, -0.25) is 19.7 Å². The summed E-state index contributed by atoms with van der Waals surface area (Å²) in [6.07, 6.45) is 3.59. The van der Waals surface area contributed by atoms with Crippen molar-refractivity contribution in [2.75, 3.05) is 43.5 Å². The number of benzene rings is 6. The van der Waals surface area contributed by atoms with Gasteiger partial charge in [0.1, 0.15) is 41.9 Å². The number of rotatable bonds is 14. The number of nitrogens with two attached hydrogens (primary N) is 3. The molecular formula is C52H42Br2F2N10O6. The summed E-state index contributed by atoms with van der Waals surface area (Å²) in [5, 5.41) is 22.4. The molecule has 2 unspecified atom stereocenters. The Labute approximate surface area is 426 Å². The Morgan fingerprint density at radius 3 is 1.42 bits per heavy atom. The van der Waals surface area contributed by atoms with Crippen LogP contribution in [0.1, 0.15) is 22.3 Å². The number of hydrogen-bond donors (Lipinski definition) is 3. The molecule has 6 N–H and O–H groups in total. The van der Waals surface area contributed by atoms with Crippen LogP contribution in [0.5, 0.6) is 0 Å². The van der Waals surface area contributed by atoms with Crippen LogP contribution >= 0.6 is 31.9 Å². The van der Waals surface area contributed by atoms with Gasteiger partial charge in [0.25, 0.3) is 17.5 Å². The fraction of sp³-hybridized carbons (Fsp3) is 0.154. The zero-order valence-corrected chi connectivity index (χ0v) is 41.1. The number of nitro benzene ring substituents is 1. The molecule has 0 saturated carbocycles. The lowest BCUT2D eigenvalue weighted by atomic mass is 9.81. The number of carbonyl (C=O) groups is 2. The molecule has 2 saturated heterocycles. The van der Waals surface area contributed by atoms with E-state index in [0.29, 0.717) is 45.0 Å². The molecule has 0 radical (unpaired) electrons. The summed E-state index contributed by atoms with van der Waals surface area (Å²) in [4.78, 5) is 44.9. The third-order valence-electron chi connectivity index (χ3n) is 12.9. The van der Waals surface area contributed by atoms with Crippen molar-refractivity contribution in [3.8, 4) is 33.9 Å². The van der Waals surface area contributed by atoms with Gasteiger partial charge >= 0.3 is 0 Å². The second-order valence-corrected chi connectivity index (χ2v) is 19.0. The van der Waals surface area contributed by atoms with E-state index in [2.05, 4.69) is 31.9 Å². The van der Waals surface area contributed by atoms with Gasteiger partial charge in [0.05, 0.1) is 38.8 Å². The monoisotopic (exact) mass is 1100 g/mol. The minimum atomic E-state index is -2.24. The van der Waals surface area contributed by atoms with Crippen LogP contribution in [0.3, 0.4) is 0 Å². The van der Waals surface area contributed by atoms with Crippen molar-refractivity contribution >= 4 is 66.4 Å². The predicted octanol–water partition coefficient (Wildman–Crippen LogP) is 9.06. The van der Waals surface area contributed by atoms with Crippen LogP contribution in [0.15, 0.2) is 155 Å². The van der Waals surface area contributed by atoms with E-state index in [1.807, 2.05) is 48.5 Å². The van der Waals surface area contributed by atoms with Crippen molar-refractivity contribution in [2.24, 2.45) is 0 Å². The van der Waals surface area contributed by atoms with Gasteiger partial charge in [-0.15, -0.1) is 0 Å². The molecule has 16 nitrogen and oxygen atoms in total. The smallest absolute Gasteiger partial charge is 0.292 e. The standard InChI is InChI=1S/C52H42Br2F2N10O6/c53-35-7-15-39(16-8-35)64-27-41(49(60-64)33-3-11-37(55)12-4-33)51(62(47(67)29-71-51)23-21-31-1-19-43(57)45(59)25-31)52(63(48(68)30-72-52)24-22-32-2-20-44(58)46(26-32)66(69)70)42-28-65(40-17-9-36(54)10-18-40)61-50(42)34-5-13-38(56)14-6-34/h1-20,25-28H,21-24,29-30,57-59H2. The number of ether oxygens (including phenoxy) is 2. The molecule has 8 aromatic rings. The van der Waals surface area contributed by atoms with Gasteiger partial charge < -0.3 is 36.5 Å². The van der Waals surface area contributed by atoms with Gasteiger partial charge in [-0.25, -0.2) is 18.1 Å². The molecule has 2 aromatic heterocycles. The van der Waals surface area contributed by atoms with Crippen molar-refractivity contribution < 1.29 is 32.8 Å².